The van der Waals surface area contributed by atoms with Gasteiger partial charge in [-0.3, -0.25) is 5.32 Å². The third kappa shape index (κ3) is 3.76. The van der Waals surface area contributed by atoms with Crippen LogP contribution in [-0.4, -0.2) is 18.4 Å². The molecule has 0 aliphatic carbocycles. The van der Waals surface area contributed by atoms with Gasteiger partial charge in [0, 0.05) is 0 Å². The quantitative estimate of drug-likeness (QED) is 0.504. The van der Waals surface area contributed by atoms with Gasteiger partial charge in [0.25, 0.3) is 0 Å². The van der Waals surface area contributed by atoms with Crippen molar-refractivity contribution in [2.45, 2.75) is 26.0 Å². The highest BCUT2D eigenvalue weighted by Crippen LogP contribution is 1.88. The summed E-state index contributed by atoms with van der Waals surface area (Å²) in [5, 5.41) is 11.5. The van der Waals surface area contributed by atoms with Crippen LogP contribution in [0.5, 0.6) is 0 Å². The molecule has 0 aromatic rings. The summed E-state index contributed by atoms with van der Waals surface area (Å²) in [6, 6.07) is 0. The Morgan fingerprint density at radius 1 is 1.71 bits per heavy atom. The van der Waals surface area contributed by atoms with Gasteiger partial charge in [-0.2, -0.15) is 0 Å². The Morgan fingerprint density at radius 3 is 2.43 bits per heavy atom. The topological polar surface area (TPSA) is 32.3 Å². The van der Waals surface area contributed by atoms with Crippen LogP contribution in [0.25, 0.3) is 0 Å². The molecule has 0 heterocycles. The van der Waals surface area contributed by atoms with Gasteiger partial charge in [0.05, 0.1) is 0 Å². The molecule has 7 heavy (non-hydrogen) atoms. The number of aliphatic hydroxyl groups is 1. The maximum atomic E-state index is 8.75. The van der Waals surface area contributed by atoms with Crippen LogP contribution in [0, 0.1) is 0 Å². The lowest BCUT2D eigenvalue weighted by atomic mass is 10.3. The molecule has 0 spiro atoms. The third-order valence-corrected chi connectivity index (χ3v) is 0.895. The summed E-state index contributed by atoms with van der Waals surface area (Å²) in [7, 11) is 1.75. The molecule has 0 aliphatic heterocycles. The fourth-order valence-corrected chi connectivity index (χ4v) is 0.418. The van der Waals surface area contributed by atoms with Gasteiger partial charge in [0.15, 0.2) is 0 Å². The number of aliphatic hydroxyl groups excluding tert-OH is 1. The highest BCUT2D eigenvalue weighted by atomic mass is 16.3. The molecule has 2 heteroatoms. The Balaban J connectivity index is 2.83. The van der Waals surface area contributed by atoms with Gasteiger partial charge < -0.3 is 5.11 Å². The predicted octanol–water partition coefficient (Wildman–Crippen LogP) is 0.324. The molecule has 0 radical (unpaired) electrons. The van der Waals surface area contributed by atoms with Gasteiger partial charge in [0.2, 0.25) is 0 Å². The van der Waals surface area contributed by atoms with Crippen LogP contribution in [0.15, 0.2) is 0 Å². The van der Waals surface area contributed by atoms with E-state index in [1.165, 1.54) is 0 Å². The first kappa shape index (κ1) is 6.92. The van der Waals surface area contributed by atoms with E-state index in [9.17, 15) is 0 Å². The lowest BCUT2D eigenvalue weighted by molar-refractivity contribution is 0.136. The van der Waals surface area contributed by atoms with Crippen LogP contribution in [0.4, 0.5) is 0 Å². The fourth-order valence-electron chi connectivity index (χ4n) is 0.418. The largest absolute Gasteiger partial charge is 0.379 e. The maximum Gasteiger partial charge on any atom is 0.104 e. The van der Waals surface area contributed by atoms with E-state index in [-0.39, 0.29) is 6.23 Å². The molecule has 2 N–H and O–H groups in total. The first-order valence-electron chi connectivity index (χ1n) is 2.66. The lowest BCUT2D eigenvalue weighted by Gasteiger charge is -2.04. The smallest absolute Gasteiger partial charge is 0.104 e. The van der Waals surface area contributed by atoms with Crippen molar-refractivity contribution in [2.75, 3.05) is 7.05 Å². The second kappa shape index (κ2) is 4.09. The van der Waals surface area contributed by atoms with Gasteiger partial charge in [-0.25, -0.2) is 0 Å². The SMILES string of the molecule is CCCC(O)NC. The number of nitrogens with one attached hydrogen (secondary N) is 1. The lowest BCUT2D eigenvalue weighted by Crippen LogP contribution is -2.23. The highest BCUT2D eigenvalue weighted by molar-refractivity contribution is 4.43. The van der Waals surface area contributed by atoms with Gasteiger partial charge in [-0.05, 0) is 13.5 Å². The summed E-state index contributed by atoms with van der Waals surface area (Å²) in [6.45, 7) is 2.04. The molecule has 0 saturated carbocycles. The third-order valence-electron chi connectivity index (χ3n) is 0.895. The van der Waals surface area contributed by atoms with E-state index in [1.54, 1.807) is 7.05 Å². The van der Waals surface area contributed by atoms with Crippen LogP contribution in [-0.2, 0) is 0 Å². The van der Waals surface area contributed by atoms with Crippen molar-refractivity contribution < 1.29 is 5.11 Å². The molecule has 44 valence electrons. The van der Waals surface area contributed by atoms with Gasteiger partial charge >= 0.3 is 0 Å². The monoisotopic (exact) mass is 103 g/mol. The standard InChI is InChI=1S/C5H13NO/c1-3-4-5(7)6-2/h5-7H,3-4H2,1-2H3. The van der Waals surface area contributed by atoms with Crippen LogP contribution in [0.3, 0.4) is 0 Å². The van der Waals surface area contributed by atoms with Crippen molar-refractivity contribution in [3.05, 3.63) is 0 Å². The Morgan fingerprint density at radius 2 is 2.29 bits per heavy atom. The molecular weight excluding hydrogens is 90.1 g/mol. The molecule has 0 amide bonds. The molecule has 0 aromatic heterocycles. The van der Waals surface area contributed by atoms with Gasteiger partial charge in [-0.1, -0.05) is 13.3 Å². The number of rotatable bonds is 3. The maximum absolute atomic E-state index is 8.75. The minimum Gasteiger partial charge on any atom is -0.379 e. The Kier molecular flexibility index (Phi) is 4.04. The van der Waals surface area contributed by atoms with Crippen molar-refractivity contribution in [2.24, 2.45) is 0 Å². The van der Waals surface area contributed by atoms with Crippen molar-refractivity contribution in [1.29, 1.82) is 0 Å². The normalized spacial score (nSPS) is 14.1. The average Bonchev–Trinajstić information content (AvgIpc) is 1.68. The van der Waals surface area contributed by atoms with E-state index in [2.05, 4.69) is 5.32 Å². The van der Waals surface area contributed by atoms with Crippen LogP contribution < -0.4 is 5.32 Å². The molecule has 0 rings (SSSR count). The van der Waals surface area contributed by atoms with Crippen molar-refractivity contribution in [3.63, 3.8) is 0 Å². The predicted molar refractivity (Wildman–Crippen MR) is 30.0 cm³/mol. The van der Waals surface area contributed by atoms with Crippen molar-refractivity contribution >= 4 is 0 Å². The minimum absolute atomic E-state index is 0.301. The van der Waals surface area contributed by atoms with Crippen LogP contribution in [0.2, 0.25) is 0 Å². The number of hydrogen-bond donors (Lipinski definition) is 2. The summed E-state index contributed by atoms with van der Waals surface area (Å²) in [5.74, 6) is 0. The molecule has 0 saturated heterocycles. The molecule has 1 unspecified atom stereocenters. The molecule has 0 fully saturated rings. The Labute approximate surface area is 44.5 Å². The second-order valence-electron chi connectivity index (χ2n) is 1.59. The van der Waals surface area contributed by atoms with Crippen LogP contribution in [0.1, 0.15) is 19.8 Å². The summed E-state index contributed by atoms with van der Waals surface area (Å²) < 4.78 is 0. The average molecular weight is 103 g/mol. The number of hydrogen-bond acceptors (Lipinski definition) is 2. The van der Waals surface area contributed by atoms with E-state index < -0.39 is 0 Å². The first-order chi connectivity index (χ1) is 3.31. The van der Waals surface area contributed by atoms with Crippen molar-refractivity contribution in [3.8, 4) is 0 Å². The zero-order valence-corrected chi connectivity index (χ0v) is 4.94. The molecular formula is C5H13NO. The first-order valence-corrected chi connectivity index (χ1v) is 2.66. The molecule has 0 bridgehead atoms. The van der Waals surface area contributed by atoms with Gasteiger partial charge in [-0.15, -0.1) is 0 Å². The summed E-state index contributed by atoms with van der Waals surface area (Å²) in [5.41, 5.74) is 0. The van der Waals surface area contributed by atoms with Crippen molar-refractivity contribution in [1.82, 2.24) is 5.32 Å². The Bertz CT molecular complexity index is 39.1. The molecule has 0 aliphatic rings. The van der Waals surface area contributed by atoms with E-state index in [1.807, 2.05) is 6.92 Å². The summed E-state index contributed by atoms with van der Waals surface area (Å²) in [4.78, 5) is 0. The van der Waals surface area contributed by atoms with Crippen LogP contribution >= 0.6 is 0 Å². The van der Waals surface area contributed by atoms with E-state index in [4.69, 9.17) is 5.11 Å². The minimum atomic E-state index is -0.301. The second-order valence-corrected chi connectivity index (χ2v) is 1.59. The highest BCUT2D eigenvalue weighted by Gasteiger charge is 1.93. The molecule has 2 nitrogen and oxygen atoms in total. The summed E-state index contributed by atoms with van der Waals surface area (Å²) in [6.07, 6.45) is 1.57. The van der Waals surface area contributed by atoms with E-state index in [0.717, 1.165) is 12.8 Å². The fraction of sp³-hybridized carbons (Fsp3) is 1.00. The van der Waals surface area contributed by atoms with Gasteiger partial charge in [0.1, 0.15) is 6.23 Å². The zero-order chi connectivity index (χ0) is 5.70. The molecule has 1 atom stereocenters. The summed E-state index contributed by atoms with van der Waals surface area (Å²) >= 11 is 0. The Hall–Kier alpha value is -0.0800. The molecule has 0 aromatic carbocycles. The van der Waals surface area contributed by atoms with E-state index in [0.29, 0.717) is 0 Å². The van der Waals surface area contributed by atoms with E-state index >= 15 is 0 Å². The zero-order valence-electron chi connectivity index (χ0n) is 4.94.